The van der Waals surface area contributed by atoms with E-state index < -0.39 is 5.60 Å². The van der Waals surface area contributed by atoms with E-state index in [4.69, 9.17) is 14.2 Å². The fraction of sp³-hybridized carbons (Fsp3) is 0.900. The summed E-state index contributed by atoms with van der Waals surface area (Å²) in [6, 6.07) is 0. The highest BCUT2D eigenvalue weighted by molar-refractivity contribution is 14.0. The molecule has 0 saturated carbocycles. The third kappa shape index (κ3) is 13.9. The van der Waals surface area contributed by atoms with E-state index in [0.29, 0.717) is 25.7 Å². The van der Waals surface area contributed by atoms with Crippen molar-refractivity contribution in [1.29, 1.82) is 0 Å². The van der Waals surface area contributed by atoms with E-state index in [-0.39, 0.29) is 30.1 Å². The number of halogens is 1. The number of aliphatic imine (C=N–C) groups is 1. The van der Waals surface area contributed by atoms with Gasteiger partial charge in [0, 0.05) is 46.9 Å². The van der Waals surface area contributed by atoms with E-state index in [0.717, 1.165) is 57.8 Å². The molecule has 172 valence electrons. The summed E-state index contributed by atoms with van der Waals surface area (Å²) in [6.07, 6.45) is 3.89. The van der Waals surface area contributed by atoms with Gasteiger partial charge < -0.3 is 29.7 Å². The number of nitrogens with zero attached hydrogens (tertiary/aromatic N) is 2. The maximum absolute atomic E-state index is 12.3. The summed E-state index contributed by atoms with van der Waals surface area (Å²) >= 11 is 0. The van der Waals surface area contributed by atoms with Crippen molar-refractivity contribution in [3.8, 4) is 0 Å². The van der Waals surface area contributed by atoms with E-state index >= 15 is 0 Å². The van der Waals surface area contributed by atoms with Crippen LogP contribution in [0.15, 0.2) is 4.99 Å². The molecule has 1 atom stereocenters. The molecule has 1 saturated heterocycles. The van der Waals surface area contributed by atoms with Crippen LogP contribution in [-0.4, -0.2) is 82.7 Å². The van der Waals surface area contributed by atoms with Crippen molar-refractivity contribution in [2.45, 2.75) is 52.1 Å². The van der Waals surface area contributed by atoms with Crippen LogP contribution in [0.25, 0.3) is 0 Å². The fourth-order valence-electron chi connectivity index (χ4n) is 3.03. The molecule has 1 fully saturated rings. The smallest absolute Gasteiger partial charge is 0.410 e. The number of rotatable bonds is 10. The van der Waals surface area contributed by atoms with E-state index in [2.05, 4.69) is 15.6 Å². The average Bonchev–Trinajstić information content (AvgIpc) is 2.64. The molecule has 0 aromatic heterocycles. The maximum atomic E-state index is 12.3. The third-order valence-corrected chi connectivity index (χ3v) is 4.43. The van der Waals surface area contributed by atoms with Crippen LogP contribution < -0.4 is 10.6 Å². The number of methoxy groups -OCH3 is 1. The largest absolute Gasteiger partial charge is 0.444 e. The summed E-state index contributed by atoms with van der Waals surface area (Å²) in [5.41, 5.74) is -0.446. The lowest BCUT2D eigenvalue weighted by Crippen LogP contribution is -2.44. The van der Waals surface area contributed by atoms with Crippen LogP contribution in [0.4, 0.5) is 4.79 Å². The number of guanidine groups is 1. The van der Waals surface area contributed by atoms with Crippen molar-refractivity contribution in [3.05, 3.63) is 0 Å². The highest BCUT2D eigenvalue weighted by Crippen LogP contribution is 2.21. The van der Waals surface area contributed by atoms with Gasteiger partial charge in [-0.25, -0.2) is 4.79 Å². The summed E-state index contributed by atoms with van der Waals surface area (Å²) < 4.78 is 15.9. The molecule has 9 heteroatoms. The number of piperidine rings is 1. The molecule has 1 aliphatic rings. The predicted octanol–water partition coefficient (Wildman–Crippen LogP) is 2.86. The van der Waals surface area contributed by atoms with E-state index in [9.17, 15) is 4.79 Å². The molecule has 1 unspecified atom stereocenters. The molecule has 29 heavy (non-hydrogen) atoms. The molecule has 8 nitrogen and oxygen atoms in total. The molecule has 1 amide bonds. The second-order valence-corrected chi connectivity index (χ2v) is 8.11. The van der Waals surface area contributed by atoms with Crippen molar-refractivity contribution in [2.24, 2.45) is 10.9 Å². The second kappa shape index (κ2) is 16.0. The van der Waals surface area contributed by atoms with E-state index in [1.165, 1.54) is 0 Å². The number of nitrogens with one attached hydrogen (secondary N) is 2. The van der Waals surface area contributed by atoms with Crippen LogP contribution in [0, 0.1) is 5.92 Å². The predicted molar refractivity (Wildman–Crippen MR) is 127 cm³/mol. The number of carbonyl (C=O) groups excluding carboxylic acids is 1. The van der Waals surface area contributed by atoms with Gasteiger partial charge in [0.2, 0.25) is 0 Å². The first-order valence-corrected chi connectivity index (χ1v) is 10.3. The summed E-state index contributed by atoms with van der Waals surface area (Å²) in [7, 11) is 3.44. The number of amides is 1. The number of ether oxygens (including phenoxy) is 3. The molecule has 1 rings (SSSR count). The maximum Gasteiger partial charge on any atom is 0.410 e. The molecular weight excluding hydrogens is 487 g/mol. The van der Waals surface area contributed by atoms with E-state index in [1.54, 1.807) is 14.2 Å². The van der Waals surface area contributed by atoms with Gasteiger partial charge in [0.05, 0.1) is 13.2 Å². The fourth-order valence-corrected chi connectivity index (χ4v) is 3.03. The van der Waals surface area contributed by atoms with Gasteiger partial charge in [0.25, 0.3) is 0 Å². The summed E-state index contributed by atoms with van der Waals surface area (Å²) in [4.78, 5) is 18.4. The Morgan fingerprint density at radius 1 is 1.17 bits per heavy atom. The zero-order valence-corrected chi connectivity index (χ0v) is 21.1. The summed E-state index contributed by atoms with van der Waals surface area (Å²) in [6.45, 7) is 10.9. The van der Waals surface area contributed by atoms with Crippen LogP contribution in [-0.2, 0) is 14.2 Å². The standard InChI is InChI=1S/C20H40N4O4.HI/c1-20(2,3)28-19(25)24-12-6-8-17(16-24)9-11-23-18(21-4)22-10-7-13-27-15-14-26-5;/h17H,6-16H2,1-5H3,(H2,21,22,23);1H. The lowest BCUT2D eigenvalue weighted by atomic mass is 9.95. The Bertz CT molecular complexity index is 472. The van der Waals surface area contributed by atoms with Crippen molar-refractivity contribution < 1.29 is 19.0 Å². The third-order valence-electron chi connectivity index (χ3n) is 4.43. The van der Waals surface area contributed by atoms with Gasteiger partial charge in [-0.05, 0) is 52.4 Å². The van der Waals surface area contributed by atoms with Crippen LogP contribution in [0.5, 0.6) is 0 Å². The Kier molecular flexibility index (Phi) is 15.5. The molecule has 2 N–H and O–H groups in total. The lowest BCUT2D eigenvalue weighted by Gasteiger charge is -2.34. The highest BCUT2D eigenvalue weighted by atomic mass is 127. The molecule has 0 radical (unpaired) electrons. The zero-order valence-electron chi connectivity index (χ0n) is 18.8. The molecular formula is C20H41IN4O4. The lowest BCUT2D eigenvalue weighted by molar-refractivity contribution is 0.0162. The van der Waals surface area contributed by atoms with Gasteiger partial charge in [0.1, 0.15) is 5.60 Å². The quantitative estimate of drug-likeness (QED) is 0.196. The minimum Gasteiger partial charge on any atom is -0.444 e. The van der Waals surface area contributed by atoms with Crippen molar-refractivity contribution in [3.63, 3.8) is 0 Å². The van der Waals surface area contributed by atoms with Gasteiger partial charge in [-0.15, -0.1) is 24.0 Å². The van der Waals surface area contributed by atoms with Gasteiger partial charge in [-0.3, -0.25) is 4.99 Å². The number of hydrogen-bond acceptors (Lipinski definition) is 5. The molecule has 0 aliphatic carbocycles. The van der Waals surface area contributed by atoms with Crippen molar-refractivity contribution in [2.75, 3.05) is 60.2 Å². The molecule has 0 spiro atoms. The number of carbonyl (C=O) groups is 1. The van der Waals surface area contributed by atoms with Gasteiger partial charge in [-0.1, -0.05) is 0 Å². The van der Waals surface area contributed by atoms with Gasteiger partial charge in [-0.2, -0.15) is 0 Å². The Hall–Kier alpha value is -0.810. The Morgan fingerprint density at radius 2 is 1.90 bits per heavy atom. The average molecular weight is 528 g/mol. The normalized spacial score (nSPS) is 17.5. The number of likely N-dealkylation sites (tertiary alicyclic amines) is 1. The van der Waals surface area contributed by atoms with Crippen LogP contribution in [0.1, 0.15) is 46.5 Å². The SMILES string of the molecule is CN=C(NCCCOCCOC)NCCC1CCCN(C(=O)OC(C)(C)C)C1.I. The van der Waals surface area contributed by atoms with Crippen molar-refractivity contribution in [1.82, 2.24) is 15.5 Å². The Balaban J connectivity index is 0.00000784. The molecule has 1 heterocycles. The highest BCUT2D eigenvalue weighted by Gasteiger charge is 2.27. The monoisotopic (exact) mass is 528 g/mol. The minimum atomic E-state index is -0.446. The van der Waals surface area contributed by atoms with E-state index in [1.807, 2.05) is 25.7 Å². The van der Waals surface area contributed by atoms with Gasteiger partial charge >= 0.3 is 6.09 Å². The first-order chi connectivity index (χ1) is 13.4. The van der Waals surface area contributed by atoms with Crippen LogP contribution in [0.3, 0.4) is 0 Å². The first kappa shape index (κ1) is 28.2. The number of hydrogen-bond donors (Lipinski definition) is 2. The minimum absolute atomic E-state index is 0. The molecule has 1 aliphatic heterocycles. The molecule has 0 bridgehead atoms. The van der Waals surface area contributed by atoms with Crippen molar-refractivity contribution >= 4 is 36.0 Å². The summed E-state index contributed by atoms with van der Waals surface area (Å²) in [5.74, 6) is 1.29. The second-order valence-electron chi connectivity index (χ2n) is 8.11. The topological polar surface area (TPSA) is 84.4 Å². The Labute approximate surface area is 193 Å². The van der Waals surface area contributed by atoms with Crippen LogP contribution >= 0.6 is 24.0 Å². The van der Waals surface area contributed by atoms with Gasteiger partial charge in [0.15, 0.2) is 5.96 Å². The molecule has 0 aromatic carbocycles. The Morgan fingerprint density at radius 3 is 2.55 bits per heavy atom. The summed E-state index contributed by atoms with van der Waals surface area (Å²) in [5, 5.41) is 6.65. The molecule has 0 aromatic rings. The van der Waals surface area contributed by atoms with Crippen LogP contribution in [0.2, 0.25) is 0 Å². The zero-order chi connectivity index (χ0) is 20.8. The first-order valence-electron chi connectivity index (χ1n) is 10.3.